The molecule has 2 aromatic carbocycles. The molecule has 0 aliphatic carbocycles. The first-order valence-corrected chi connectivity index (χ1v) is 11.3. The molecule has 2 heterocycles. The Labute approximate surface area is 172 Å². The lowest BCUT2D eigenvalue weighted by atomic mass is 10.1. The molecule has 0 atom stereocenters. The van der Waals surface area contributed by atoms with Crippen molar-refractivity contribution < 1.29 is 22.7 Å². The highest BCUT2D eigenvalue weighted by atomic mass is 32.2. The van der Waals surface area contributed by atoms with E-state index in [0.29, 0.717) is 24.0 Å². The summed E-state index contributed by atoms with van der Waals surface area (Å²) in [7, 11) is -3.84. The summed E-state index contributed by atoms with van der Waals surface area (Å²) >= 11 is 1.60. The second-order valence-electron chi connectivity index (χ2n) is 6.48. The molecule has 1 aliphatic rings. The van der Waals surface area contributed by atoms with Crippen molar-refractivity contribution >= 4 is 49.7 Å². The smallest absolute Gasteiger partial charge is 0.327 e. The molecule has 1 amide bonds. The number of thiophene rings is 1. The van der Waals surface area contributed by atoms with Crippen molar-refractivity contribution in [3.63, 3.8) is 0 Å². The van der Waals surface area contributed by atoms with Crippen LogP contribution in [-0.4, -0.2) is 40.0 Å². The molecule has 7 nitrogen and oxygen atoms in total. The minimum Gasteiger partial charge on any atom is -0.454 e. The number of hydrogen-bond acceptors (Lipinski definition) is 6. The zero-order valence-corrected chi connectivity index (χ0v) is 17.0. The van der Waals surface area contributed by atoms with Crippen molar-refractivity contribution in [1.82, 2.24) is 5.32 Å². The number of hydrogen-bond donors (Lipinski definition) is 1. The van der Waals surface area contributed by atoms with Gasteiger partial charge in [-0.1, -0.05) is 30.3 Å². The van der Waals surface area contributed by atoms with Gasteiger partial charge < -0.3 is 10.1 Å². The Morgan fingerprint density at radius 2 is 1.86 bits per heavy atom. The number of sulfonamides is 1. The lowest BCUT2D eigenvalue weighted by Crippen LogP contribution is -2.36. The van der Waals surface area contributed by atoms with Crippen LogP contribution in [0.2, 0.25) is 0 Å². The number of esters is 1. The van der Waals surface area contributed by atoms with Gasteiger partial charge in [-0.2, -0.15) is 0 Å². The number of benzene rings is 2. The average Bonchev–Trinajstić information content (AvgIpc) is 3.29. The van der Waals surface area contributed by atoms with Gasteiger partial charge in [0.25, 0.3) is 15.9 Å². The topological polar surface area (TPSA) is 92.8 Å². The van der Waals surface area contributed by atoms with Gasteiger partial charge in [0.05, 0.1) is 10.6 Å². The summed E-state index contributed by atoms with van der Waals surface area (Å²) in [6, 6.07) is 14.1. The van der Waals surface area contributed by atoms with Gasteiger partial charge in [0.1, 0.15) is 6.54 Å². The Morgan fingerprint density at radius 1 is 1.07 bits per heavy atom. The van der Waals surface area contributed by atoms with Gasteiger partial charge in [0.2, 0.25) is 0 Å². The van der Waals surface area contributed by atoms with E-state index in [1.54, 1.807) is 29.5 Å². The van der Waals surface area contributed by atoms with E-state index in [-0.39, 0.29) is 4.90 Å². The summed E-state index contributed by atoms with van der Waals surface area (Å²) in [5, 5.41) is 6.01. The van der Waals surface area contributed by atoms with Crippen molar-refractivity contribution in [2.45, 2.75) is 11.3 Å². The van der Waals surface area contributed by atoms with Gasteiger partial charge in [0, 0.05) is 16.8 Å². The van der Waals surface area contributed by atoms with Crippen LogP contribution in [0.1, 0.15) is 4.88 Å². The Balaban J connectivity index is 1.35. The minimum absolute atomic E-state index is 0.171. The molecule has 0 spiro atoms. The third-order valence-electron chi connectivity index (χ3n) is 4.59. The Morgan fingerprint density at radius 3 is 2.62 bits per heavy atom. The second-order valence-corrected chi connectivity index (χ2v) is 9.35. The fourth-order valence-corrected chi connectivity index (χ4v) is 5.63. The van der Waals surface area contributed by atoms with Gasteiger partial charge in [-0.15, -0.1) is 11.3 Å². The number of nitrogens with one attached hydrogen (secondary N) is 1. The van der Waals surface area contributed by atoms with E-state index in [1.807, 2.05) is 29.6 Å². The van der Waals surface area contributed by atoms with Gasteiger partial charge in [-0.3, -0.25) is 13.9 Å². The van der Waals surface area contributed by atoms with Crippen molar-refractivity contribution in [2.75, 3.05) is 24.0 Å². The zero-order valence-electron chi connectivity index (χ0n) is 15.3. The first-order chi connectivity index (χ1) is 14.0. The van der Waals surface area contributed by atoms with Crippen molar-refractivity contribution in [1.29, 1.82) is 0 Å². The third-order valence-corrected chi connectivity index (χ3v) is 7.33. The molecule has 4 rings (SSSR count). The monoisotopic (exact) mass is 430 g/mol. The summed E-state index contributed by atoms with van der Waals surface area (Å²) in [6.07, 6.45) is 0.700. The predicted octanol–water partition coefficient (Wildman–Crippen LogP) is 2.31. The molecular weight excluding hydrogens is 412 g/mol. The van der Waals surface area contributed by atoms with E-state index in [4.69, 9.17) is 4.74 Å². The number of amides is 1. The maximum Gasteiger partial charge on any atom is 0.327 e. The van der Waals surface area contributed by atoms with Crippen LogP contribution in [0.4, 0.5) is 5.69 Å². The van der Waals surface area contributed by atoms with Crippen LogP contribution in [0.5, 0.6) is 0 Å². The summed E-state index contributed by atoms with van der Waals surface area (Å²) in [4.78, 5) is 25.4. The highest BCUT2D eigenvalue weighted by Gasteiger charge is 2.37. The number of carbonyl (C=O) groups is 2. The molecule has 0 fully saturated rings. The van der Waals surface area contributed by atoms with E-state index in [2.05, 4.69) is 5.32 Å². The molecule has 1 aromatic heterocycles. The van der Waals surface area contributed by atoms with E-state index < -0.39 is 35.1 Å². The maximum atomic E-state index is 12.8. The fourth-order valence-electron chi connectivity index (χ4n) is 3.27. The van der Waals surface area contributed by atoms with Gasteiger partial charge in [-0.05, 0) is 35.4 Å². The van der Waals surface area contributed by atoms with E-state index in [0.717, 1.165) is 14.6 Å². The van der Waals surface area contributed by atoms with Gasteiger partial charge >= 0.3 is 5.97 Å². The molecule has 0 saturated carbocycles. The molecule has 0 saturated heterocycles. The SMILES string of the molecule is O=C(COC(=O)CN1c2cccc3cccc(c23)S1(=O)=O)NCCc1cccs1. The highest BCUT2D eigenvalue weighted by molar-refractivity contribution is 7.93. The Bertz CT molecular complexity index is 1170. The van der Waals surface area contributed by atoms with Gasteiger partial charge in [-0.25, -0.2) is 8.42 Å². The normalized spacial score (nSPS) is 14.1. The molecule has 0 radical (unpaired) electrons. The second kappa shape index (κ2) is 7.84. The van der Waals surface area contributed by atoms with E-state index >= 15 is 0 Å². The maximum absolute atomic E-state index is 12.8. The molecule has 1 aliphatic heterocycles. The van der Waals surface area contributed by atoms with Crippen LogP contribution < -0.4 is 9.62 Å². The van der Waals surface area contributed by atoms with Gasteiger partial charge in [0.15, 0.2) is 6.61 Å². The first kappa shape index (κ1) is 19.4. The third kappa shape index (κ3) is 3.83. The summed E-state index contributed by atoms with van der Waals surface area (Å²) < 4.78 is 31.7. The molecule has 0 unspecified atom stereocenters. The molecule has 150 valence electrons. The number of carbonyl (C=O) groups excluding carboxylic acids is 2. The van der Waals surface area contributed by atoms with E-state index in [9.17, 15) is 18.0 Å². The average molecular weight is 431 g/mol. The van der Waals surface area contributed by atoms with Crippen molar-refractivity contribution in [3.05, 3.63) is 58.8 Å². The van der Waals surface area contributed by atoms with Crippen LogP contribution >= 0.6 is 11.3 Å². The number of ether oxygens (including phenoxy) is 1. The minimum atomic E-state index is -3.84. The lowest BCUT2D eigenvalue weighted by Gasteiger charge is -2.17. The Hall–Kier alpha value is -2.91. The summed E-state index contributed by atoms with van der Waals surface area (Å²) in [6.45, 7) is -0.498. The van der Waals surface area contributed by atoms with Crippen LogP contribution in [-0.2, 0) is 30.8 Å². The fraction of sp³-hybridized carbons (Fsp3) is 0.200. The predicted molar refractivity (Wildman–Crippen MR) is 110 cm³/mol. The molecule has 9 heteroatoms. The largest absolute Gasteiger partial charge is 0.454 e. The van der Waals surface area contributed by atoms with E-state index in [1.165, 1.54) is 6.07 Å². The summed E-state index contributed by atoms with van der Waals surface area (Å²) in [5.41, 5.74) is 0.440. The zero-order chi connectivity index (χ0) is 20.4. The molecule has 0 bridgehead atoms. The highest BCUT2D eigenvalue weighted by Crippen LogP contribution is 2.41. The van der Waals surface area contributed by atoms with Crippen molar-refractivity contribution in [2.24, 2.45) is 0 Å². The molecule has 3 aromatic rings. The molecule has 29 heavy (non-hydrogen) atoms. The molecular formula is C20H18N2O5S2. The summed E-state index contributed by atoms with van der Waals surface area (Å²) in [5.74, 6) is -1.21. The number of nitrogens with zero attached hydrogens (tertiary/aromatic N) is 1. The lowest BCUT2D eigenvalue weighted by molar-refractivity contribution is -0.146. The Kier molecular flexibility index (Phi) is 5.25. The van der Waals surface area contributed by atoms with Crippen LogP contribution in [0.25, 0.3) is 10.8 Å². The number of anilines is 1. The van der Waals surface area contributed by atoms with Crippen LogP contribution in [0, 0.1) is 0 Å². The first-order valence-electron chi connectivity index (χ1n) is 8.96. The quantitative estimate of drug-likeness (QED) is 0.581. The van der Waals surface area contributed by atoms with Crippen LogP contribution in [0.3, 0.4) is 0 Å². The van der Waals surface area contributed by atoms with Crippen LogP contribution in [0.15, 0.2) is 58.8 Å². The number of rotatable bonds is 7. The van der Waals surface area contributed by atoms with Crippen molar-refractivity contribution in [3.8, 4) is 0 Å². The standard InChI is InChI=1S/C20H18N2O5S2/c23-18(21-10-9-15-6-3-11-28-15)13-27-19(24)12-22-16-7-1-4-14-5-2-8-17(20(14)16)29(22,25)26/h1-8,11H,9-10,12-13H2,(H,21,23). The molecule has 1 N–H and O–H groups in total.